The summed E-state index contributed by atoms with van der Waals surface area (Å²) in [5, 5.41) is 0. The number of rotatable bonds is 7. The minimum Gasteiger partial charge on any atom is -0.329 e. The van der Waals surface area contributed by atoms with Crippen LogP contribution in [0.3, 0.4) is 0 Å². The lowest BCUT2D eigenvalue weighted by molar-refractivity contribution is 0.182. The normalized spacial score (nSPS) is 14.7. The van der Waals surface area contributed by atoms with Crippen LogP contribution in [0.2, 0.25) is 0 Å². The van der Waals surface area contributed by atoms with Crippen molar-refractivity contribution in [2.45, 2.75) is 25.4 Å². The molecule has 2 atom stereocenters. The average molecular weight is 288 g/mol. The maximum atomic E-state index is 13.8. The van der Waals surface area contributed by atoms with E-state index in [1.54, 1.807) is 11.8 Å². The molecule has 0 aliphatic carbocycles. The summed E-state index contributed by atoms with van der Waals surface area (Å²) in [4.78, 5) is 2.02. The van der Waals surface area contributed by atoms with Crippen molar-refractivity contribution in [3.05, 3.63) is 35.4 Å². The summed E-state index contributed by atoms with van der Waals surface area (Å²) in [5.74, 6) is 0.204. The van der Waals surface area contributed by atoms with Gasteiger partial charge < -0.3 is 5.73 Å². The molecular formula is C14H22F2N2S. The van der Waals surface area contributed by atoms with Crippen LogP contribution < -0.4 is 5.73 Å². The van der Waals surface area contributed by atoms with Gasteiger partial charge in [-0.15, -0.1) is 0 Å². The van der Waals surface area contributed by atoms with Crippen LogP contribution in [0.25, 0.3) is 0 Å². The third kappa shape index (κ3) is 4.44. The third-order valence-electron chi connectivity index (χ3n) is 3.47. The Balaban J connectivity index is 2.89. The summed E-state index contributed by atoms with van der Waals surface area (Å²) >= 11 is 1.78. The molecule has 1 rings (SSSR count). The number of thioether (sulfide) groups is 1. The van der Waals surface area contributed by atoms with E-state index in [1.165, 1.54) is 6.07 Å². The molecule has 2 N–H and O–H groups in total. The van der Waals surface area contributed by atoms with Gasteiger partial charge in [-0.3, -0.25) is 4.90 Å². The second-order valence-corrected chi connectivity index (χ2v) is 5.70. The fourth-order valence-corrected chi connectivity index (χ4v) is 2.66. The Hall–Kier alpha value is -0.650. The topological polar surface area (TPSA) is 29.3 Å². The minimum absolute atomic E-state index is 0.264. The standard InChI is InChI=1S/C14H22F2N2S/c1-10(6-7-19-3)18(2)14(9-17)12-8-11(15)4-5-13(12)16/h4-5,8,10,14H,6-7,9,17H2,1-3H3. The van der Waals surface area contributed by atoms with Crippen LogP contribution >= 0.6 is 11.8 Å². The number of likely N-dealkylation sites (N-methyl/N-ethyl adjacent to an activating group) is 1. The van der Waals surface area contributed by atoms with Gasteiger partial charge in [-0.2, -0.15) is 11.8 Å². The van der Waals surface area contributed by atoms with Gasteiger partial charge in [-0.05, 0) is 50.6 Å². The van der Waals surface area contributed by atoms with Gasteiger partial charge in [-0.25, -0.2) is 8.78 Å². The van der Waals surface area contributed by atoms with Crippen LogP contribution in [-0.4, -0.2) is 36.5 Å². The summed E-state index contributed by atoms with van der Waals surface area (Å²) < 4.78 is 27.1. The molecule has 0 fully saturated rings. The van der Waals surface area contributed by atoms with Crippen molar-refractivity contribution in [2.24, 2.45) is 5.73 Å². The molecule has 0 amide bonds. The first-order chi connectivity index (χ1) is 9.01. The predicted molar refractivity (Wildman–Crippen MR) is 78.4 cm³/mol. The lowest BCUT2D eigenvalue weighted by atomic mass is 10.0. The van der Waals surface area contributed by atoms with E-state index in [-0.39, 0.29) is 18.6 Å². The molecular weight excluding hydrogens is 266 g/mol. The number of hydrogen-bond donors (Lipinski definition) is 1. The smallest absolute Gasteiger partial charge is 0.128 e. The van der Waals surface area contributed by atoms with E-state index >= 15 is 0 Å². The van der Waals surface area contributed by atoms with Gasteiger partial charge in [0, 0.05) is 24.2 Å². The van der Waals surface area contributed by atoms with E-state index < -0.39 is 11.6 Å². The van der Waals surface area contributed by atoms with Crippen molar-refractivity contribution < 1.29 is 8.78 Å². The Kier molecular flexibility index (Phi) is 6.75. The molecule has 0 aromatic heterocycles. The lowest BCUT2D eigenvalue weighted by Gasteiger charge is -2.33. The summed E-state index contributed by atoms with van der Waals surface area (Å²) in [7, 11) is 1.91. The molecule has 0 aliphatic heterocycles. The highest BCUT2D eigenvalue weighted by Crippen LogP contribution is 2.25. The maximum Gasteiger partial charge on any atom is 0.128 e. The molecule has 1 aromatic carbocycles. The first-order valence-electron chi connectivity index (χ1n) is 6.37. The number of nitrogens with two attached hydrogens (primary N) is 1. The largest absolute Gasteiger partial charge is 0.329 e. The SMILES string of the molecule is CSCCC(C)N(C)C(CN)c1cc(F)ccc1F. The van der Waals surface area contributed by atoms with Gasteiger partial charge in [0.2, 0.25) is 0 Å². The highest BCUT2D eigenvalue weighted by molar-refractivity contribution is 7.98. The summed E-state index contributed by atoms with van der Waals surface area (Å²) in [5.41, 5.74) is 6.09. The van der Waals surface area contributed by atoms with Gasteiger partial charge >= 0.3 is 0 Å². The second-order valence-electron chi connectivity index (χ2n) is 4.71. The first kappa shape index (κ1) is 16.4. The Morgan fingerprint density at radius 2 is 2.05 bits per heavy atom. The van der Waals surface area contributed by atoms with E-state index in [9.17, 15) is 8.78 Å². The van der Waals surface area contributed by atoms with Crippen molar-refractivity contribution in [1.82, 2.24) is 4.90 Å². The molecule has 1 aromatic rings. The zero-order valence-corrected chi connectivity index (χ0v) is 12.5. The van der Waals surface area contributed by atoms with Gasteiger partial charge in [0.15, 0.2) is 0 Å². The molecule has 19 heavy (non-hydrogen) atoms. The van der Waals surface area contributed by atoms with Crippen LogP contribution in [0, 0.1) is 11.6 Å². The Morgan fingerprint density at radius 1 is 1.37 bits per heavy atom. The molecule has 0 spiro atoms. The highest BCUT2D eigenvalue weighted by atomic mass is 32.2. The van der Waals surface area contributed by atoms with Gasteiger partial charge in [0.25, 0.3) is 0 Å². The van der Waals surface area contributed by atoms with E-state index in [0.717, 1.165) is 24.3 Å². The van der Waals surface area contributed by atoms with Crippen molar-refractivity contribution >= 4 is 11.8 Å². The van der Waals surface area contributed by atoms with Crippen LogP contribution in [0.5, 0.6) is 0 Å². The van der Waals surface area contributed by atoms with Gasteiger partial charge in [0.1, 0.15) is 11.6 Å². The van der Waals surface area contributed by atoms with Crippen molar-refractivity contribution in [3.63, 3.8) is 0 Å². The van der Waals surface area contributed by atoms with E-state index in [1.807, 2.05) is 11.9 Å². The zero-order valence-electron chi connectivity index (χ0n) is 11.7. The number of halogens is 2. The molecule has 0 aliphatic rings. The molecule has 5 heteroatoms. The molecule has 108 valence electrons. The molecule has 2 unspecified atom stereocenters. The summed E-state index contributed by atoms with van der Waals surface area (Å²) in [6.07, 6.45) is 3.05. The highest BCUT2D eigenvalue weighted by Gasteiger charge is 2.23. The van der Waals surface area contributed by atoms with Gasteiger partial charge in [0.05, 0.1) is 0 Å². The minimum atomic E-state index is -0.431. The van der Waals surface area contributed by atoms with E-state index in [0.29, 0.717) is 5.56 Å². The third-order valence-corrected chi connectivity index (χ3v) is 4.11. The van der Waals surface area contributed by atoms with Crippen LogP contribution in [0.15, 0.2) is 18.2 Å². The molecule has 2 nitrogen and oxygen atoms in total. The second kappa shape index (κ2) is 7.82. The first-order valence-corrected chi connectivity index (χ1v) is 7.76. The monoisotopic (exact) mass is 288 g/mol. The van der Waals surface area contributed by atoms with E-state index in [2.05, 4.69) is 13.2 Å². The lowest BCUT2D eigenvalue weighted by Crippen LogP contribution is -2.37. The maximum absolute atomic E-state index is 13.8. The molecule has 0 saturated heterocycles. The Morgan fingerprint density at radius 3 is 2.63 bits per heavy atom. The number of nitrogens with zero attached hydrogens (tertiary/aromatic N) is 1. The average Bonchev–Trinajstić information content (AvgIpc) is 2.40. The molecule has 0 saturated carbocycles. The summed E-state index contributed by atoms with van der Waals surface area (Å²) in [6, 6.07) is 3.50. The number of benzene rings is 1. The van der Waals surface area contributed by atoms with Crippen LogP contribution in [0.4, 0.5) is 8.78 Å². The fourth-order valence-electron chi connectivity index (χ4n) is 2.08. The fraction of sp³-hybridized carbons (Fsp3) is 0.571. The van der Waals surface area contributed by atoms with Crippen LogP contribution in [0.1, 0.15) is 24.9 Å². The Bertz CT molecular complexity index is 401. The zero-order chi connectivity index (χ0) is 14.4. The summed E-state index contributed by atoms with van der Waals surface area (Å²) in [6.45, 7) is 2.34. The van der Waals surface area contributed by atoms with Crippen molar-refractivity contribution in [3.8, 4) is 0 Å². The van der Waals surface area contributed by atoms with Crippen molar-refractivity contribution in [1.29, 1.82) is 0 Å². The van der Waals surface area contributed by atoms with E-state index in [4.69, 9.17) is 5.73 Å². The molecule has 0 radical (unpaired) electrons. The predicted octanol–water partition coefficient (Wildman–Crippen LogP) is 3.04. The molecule has 0 bridgehead atoms. The van der Waals surface area contributed by atoms with Crippen LogP contribution in [-0.2, 0) is 0 Å². The van der Waals surface area contributed by atoms with Crippen molar-refractivity contribution in [2.75, 3.05) is 25.6 Å². The number of hydrogen-bond acceptors (Lipinski definition) is 3. The Labute approximate surface area is 118 Å². The van der Waals surface area contributed by atoms with Gasteiger partial charge in [-0.1, -0.05) is 0 Å². The molecule has 0 heterocycles. The quantitative estimate of drug-likeness (QED) is 0.836.